The molecule has 0 aromatic rings. The van der Waals surface area contributed by atoms with E-state index in [4.69, 9.17) is 5.73 Å². The van der Waals surface area contributed by atoms with E-state index in [1.54, 1.807) is 0 Å². The van der Waals surface area contributed by atoms with Gasteiger partial charge in [-0.2, -0.15) is 0 Å². The van der Waals surface area contributed by atoms with Crippen LogP contribution >= 0.6 is 0 Å². The molecule has 0 radical (unpaired) electrons. The Balaban J connectivity index is 1.94. The quantitative estimate of drug-likeness (QED) is 0.536. The van der Waals surface area contributed by atoms with E-state index in [2.05, 4.69) is 6.92 Å². The number of nitrogens with two attached hydrogens (primary N) is 1. The molecule has 0 amide bonds. The first kappa shape index (κ1) is 4.80. The standard InChI is InChI=1S/C7H13N/c1-2-4-5-3-6(8)7(4)5/h4-7H,2-3,8H2,1H3. The van der Waals surface area contributed by atoms with Crippen LogP contribution in [-0.2, 0) is 0 Å². The molecule has 0 heterocycles. The molecule has 0 bridgehead atoms. The molecule has 2 rings (SSSR count). The van der Waals surface area contributed by atoms with E-state index in [9.17, 15) is 0 Å². The second-order valence-corrected chi connectivity index (χ2v) is 3.21. The van der Waals surface area contributed by atoms with Gasteiger partial charge in [-0.3, -0.25) is 0 Å². The van der Waals surface area contributed by atoms with E-state index in [-0.39, 0.29) is 0 Å². The first-order chi connectivity index (χ1) is 3.84. The van der Waals surface area contributed by atoms with Crippen molar-refractivity contribution in [3.05, 3.63) is 0 Å². The third kappa shape index (κ3) is 0.368. The maximum Gasteiger partial charge on any atom is 0.00755 e. The van der Waals surface area contributed by atoms with Gasteiger partial charge < -0.3 is 5.73 Å². The molecule has 0 aromatic heterocycles. The first-order valence-corrected chi connectivity index (χ1v) is 3.60. The van der Waals surface area contributed by atoms with Crippen LogP contribution in [-0.4, -0.2) is 6.04 Å². The third-order valence-corrected chi connectivity index (χ3v) is 2.91. The largest absolute Gasteiger partial charge is 0.327 e. The minimum atomic E-state index is 0.588. The summed E-state index contributed by atoms with van der Waals surface area (Å²) in [7, 11) is 0. The Morgan fingerprint density at radius 3 is 2.50 bits per heavy atom. The lowest BCUT2D eigenvalue weighted by Crippen LogP contribution is -2.31. The highest BCUT2D eigenvalue weighted by atomic mass is 14.8. The first-order valence-electron chi connectivity index (χ1n) is 3.60. The van der Waals surface area contributed by atoms with E-state index in [1.165, 1.54) is 12.8 Å². The Labute approximate surface area is 50.3 Å². The molecule has 0 spiro atoms. The predicted octanol–water partition coefficient (Wildman–Crippen LogP) is 0.990. The van der Waals surface area contributed by atoms with Gasteiger partial charge in [0.15, 0.2) is 0 Å². The fourth-order valence-electron chi connectivity index (χ4n) is 2.29. The van der Waals surface area contributed by atoms with Gasteiger partial charge in [-0.15, -0.1) is 0 Å². The van der Waals surface area contributed by atoms with Crippen molar-refractivity contribution < 1.29 is 0 Å². The molecule has 1 nitrogen and oxygen atoms in total. The summed E-state index contributed by atoms with van der Waals surface area (Å²) in [6, 6.07) is 0.588. The van der Waals surface area contributed by atoms with Crippen LogP contribution in [0.2, 0.25) is 0 Å². The molecule has 2 fully saturated rings. The van der Waals surface area contributed by atoms with Crippen LogP contribution in [0.25, 0.3) is 0 Å². The highest BCUT2D eigenvalue weighted by Crippen LogP contribution is 2.61. The van der Waals surface area contributed by atoms with E-state index >= 15 is 0 Å². The fourth-order valence-corrected chi connectivity index (χ4v) is 2.29. The molecule has 0 aromatic carbocycles. The summed E-state index contributed by atoms with van der Waals surface area (Å²) in [5, 5.41) is 0. The number of hydrogen-bond acceptors (Lipinski definition) is 1. The predicted molar refractivity (Wildman–Crippen MR) is 33.4 cm³/mol. The summed E-state index contributed by atoms with van der Waals surface area (Å²) in [6.07, 6.45) is 2.69. The lowest BCUT2D eigenvalue weighted by Gasteiger charge is -2.18. The smallest absolute Gasteiger partial charge is 0.00755 e. The molecule has 4 atom stereocenters. The average Bonchev–Trinajstić information content (AvgIpc) is 2.34. The second kappa shape index (κ2) is 1.27. The van der Waals surface area contributed by atoms with Crippen LogP contribution < -0.4 is 5.73 Å². The van der Waals surface area contributed by atoms with Crippen LogP contribution in [0.15, 0.2) is 0 Å². The van der Waals surface area contributed by atoms with E-state index in [0.717, 1.165) is 17.8 Å². The Hall–Kier alpha value is -0.0400. The minimum Gasteiger partial charge on any atom is -0.327 e. The van der Waals surface area contributed by atoms with Crippen LogP contribution in [0, 0.1) is 17.8 Å². The monoisotopic (exact) mass is 111 g/mol. The molecule has 2 saturated carbocycles. The fraction of sp³-hybridized carbons (Fsp3) is 1.00. The zero-order chi connectivity index (χ0) is 5.72. The van der Waals surface area contributed by atoms with Crippen molar-refractivity contribution in [1.29, 1.82) is 0 Å². The SMILES string of the molecule is CCC1C2CC(N)C12. The maximum atomic E-state index is 5.73. The zero-order valence-corrected chi connectivity index (χ0v) is 5.30. The number of fused-ring (bicyclic) bond motifs is 1. The van der Waals surface area contributed by atoms with Crippen molar-refractivity contribution in [2.45, 2.75) is 25.8 Å². The molecule has 8 heavy (non-hydrogen) atoms. The summed E-state index contributed by atoms with van der Waals surface area (Å²) in [4.78, 5) is 0. The topological polar surface area (TPSA) is 26.0 Å². The van der Waals surface area contributed by atoms with Crippen molar-refractivity contribution in [3.8, 4) is 0 Å². The summed E-state index contributed by atoms with van der Waals surface area (Å²) in [6.45, 7) is 2.27. The number of rotatable bonds is 1. The number of hydrogen-bond donors (Lipinski definition) is 1. The highest BCUT2D eigenvalue weighted by Gasteiger charge is 2.60. The van der Waals surface area contributed by atoms with Gasteiger partial charge in [0.2, 0.25) is 0 Å². The lowest BCUT2D eigenvalue weighted by molar-refractivity contribution is 0.387. The molecule has 2 aliphatic rings. The summed E-state index contributed by atoms with van der Waals surface area (Å²) >= 11 is 0. The molecule has 0 saturated heterocycles. The molecule has 4 unspecified atom stereocenters. The van der Waals surface area contributed by atoms with Crippen molar-refractivity contribution in [2.24, 2.45) is 23.5 Å². The van der Waals surface area contributed by atoms with Gasteiger partial charge in [-0.05, 0) is 24.2 Å². The van der Waals surface area contributed by atoms with E-state index in [0.29, 0.717) is 6.04 Å². The molecule has 2 aliphatic carbocycles. The van der Waals surface area contributed by atoms with Gasteiger partial charge in [0, 0.05) is 6.04 Å². The van der Waals surface area contributed by atoms with Gasteiger partial charge in [-0.1, -0.05) is 13.3 Å². The second-order valence-electron chi connectivity index (χ2n) is 3.21. The maximum absolute atomic E-state index is 5.73. The van der Waals surface area contributed by atoms with Gasteiger partial charge in [0.1, 0.15) is 0 Å². The van der Waals surface area contributed by atoms with E-state index in [1.807, 2.05) is 0 Å². The Morgan fingerprint density at radius 2 is 2.38 bits per heavy atom. The van der Waals surface area contributed by atoms with Crippen LogP contribution in [0.1, 0.15) is 19.8 Å². The van der Waals surface area contributed by atoms with Crippen LogP contribution in [0.4, 0.5) is 0 Å². The zero-order valence-electron chi connectivity index (χ0n) is 5.30. The molecule has 0 aliphatic heterocycles. The van der Waals surface area contributed by atoms with Crippen molar-refractivity contribution in [3.63, 3.8) is 0 Å². The van der Waals surface area contributed by atoms with Gasteiger partial charge >= 0.3 is 0 Å². The van der Waals surface area contributed by atoms with Crippen molar-refractivity contribution in [2.75, 3.05) is 0 Å². The lowest BCUT2D eigenvalue weighted by atomic mass is 9.95. The summed E-state index contributed by atoms with van der Waals surface area (Å²) in [5.41, 5.74) is 5.73. The molecule has 1 heteroatoms. The van der Waals surface area contributed by atoms with Crippen LogP contribution in [0.5, 0.6) is 0 Å². The Kier molecular flexibility index (Phi) is 0.762. The van der Waals surface area contributed by atoms with Crippen molar-refractivity contribution in [1.82, 2.24) is 0 Å². The Morgan fingerprint density at radius 1 is 1.62 bits per heavy atom. The molecular weight excluding hydrogens is 98.1 g/mol. The highest BCUT2D eigenvalue weighted by molar-refractivity contribution is 5.11. The summed E-state index contributed by atoms with van der Waals surface area (Å²) in [5.74, 6) is 3.06. The van der Waals surface area contributed by atoms with Gasteiger partial charge in [0.25, 0.3) is 0 Å². The van der Waals surface area contributed by atoms with Gasteiger partial charge in [-0.25, -0.2) is 0 Å². The molecular formula is C7H13N. The normalized spacial score (nSPS) is 59.2. The third-order valence-electron chi connectivity index (χ3n) is 2.91. The van der Waals surface area contributed by atoms with Crippen molar-refractivity contribution >= 4 is 0 Å². The molecule has 2 N–H and O–H groups in total. The molecule has 46 valence electrons. The minimum absolute atomic E-state index is 0.588. The Bertz CT molecular complexity index is 107. The van der Waals surface area contributed by atoms with E-state index < -0.39 is 0 Å². The van der Waals surface area contributed by atoms with Crippen LogP contribution in [0.3, 0.4) is 0 Å². The average molecular weight is 111 g/mol. The van der Waals surface area contributed by atoms with Gasteiger partial charge in [0.05, 0.1) is 0 Å². The summed E-state index contributed by atoms with van der Waals surface area (Å²) < 4.78 is 0.